The van der Waals surface area contributed by atoms with Gasteiger partial charge in [-0.3, -0.25) is 4.90 Å². The fourth-order valence-electron chi connectivity index (χ4n) is 2.05. The first-order valence-corrected chi connectivity index (χ1v) is 7.29. The second-order valence-corrected chi connectivity index (χ2v) is 6.65. The highest BCUT2D eigenvalue weighted by atomic mass is 16.2. The zero-order chi connectivity index (χ0) is 16.2. The molecule has 1 rings (SSSR count). The second kappa shape index (κ2) is 6.89. The van der Waals surface area contributed by atoms with Crippen LogP contribution in [0.1, 0.15) is 32.0 Å². The van der Waals surface area contributed by atoms with Crippen molar-refractivity contribution in [1.29, 1.82) is 0 Å². The summed E-state index contributed by atoms with van der Waals surface area (Å²) in [4.78, 5) is 20.2. The molecule has 1 N–H and O–H groups in total. The standard InChI is InChI=1S/C16H28N4O/c1-12-10-13(2)18-14(11-12)20(15(21)19(6)7)9-8-17-16(3,4)5/h10-11,17H,8-9H2,1-7H3. The third kappa shape index (κ3) is 5.71. The van der Waals surface area contributed by atoms with Crippen molar-refractivity contribution in [2.75, 3.05) is 32.1 Å². The number of amides is 2. The van der Waals surface area contributed by atoms with Crippen molar-refractivity contribution < 1.29 is 4.79 Å². The Morgan fingerprint density at radius 2 is 1.86 bits per heavy atom. The van der Waals surface area contributed by atoms with E-state index in [0.717, 1.165) is 17.8 Å². The maximum Gasteiger partial charge on any atom is 0.325 e. The van der Waals surface area contributed by atoms with Crippen LogP contribution in [0.3, 0.4) is 0 Å². The SMILES string of the molecule is Cc1cc(C)nc(N(CCNC(C)(C)C)C(=O)N(C)C)c1. The molecular formula is C16H28N4O. The highest BCUT2D eigenvalue weighted by Gasteiger charge is 2.20. The number of hydrogen-bond donors (Lipinski definition) is 1. The van der Waals surface area contributed by atoms with Crippen LogP contribution in [0, 0.1) is 13.8 Å². The Kier molecular flexibility index (Phi) is 5.72. The molecule has 5 heteroatoms. The largest absolute Gasteiger partial charge is 0.330 e. The molecule has 1 aromatic heterocycles. The molecule has 0 saturated heterocycles. The van der Waals surface area contributed by atoms with Crippen molar-refractivity contribution in [3.05, 3.63) is 23.4 Å². The van der Waals surface area contributed by atoms with Crippen LogP contribution >= 0.6 is 0 Å². The molecule has 0 saturated carbocycles. The predicted octanol–water partition coefficient (Wildman–Crippen LogP) is 2.57. The normalized spacial score (nSPS) is 11.4. The number of carbonyl (C=O) groups excluding carboxylic acids is 1. The summed E-state index contributed by atoms with van der Waals surface area (Å²) in [6.07, 6.45) is 0. The van der Waals surface area contributed by atoms with Crippen molar-refractivity contribution in [1.82, 2.24) is 15.2 Å². The summed E-state index contributed by atoms with van der Waals surface area (Å²) in [6.45, 7) is 11.6. The molecule has 0 atom stereocenters. The number of aryl methyl sites for hydroxylation is 2. The van der Waals surface area contributed by atoms with Gasteiger partial charge in [-0.2, -0.15) is 0 Å². The molecule has 0 unspecified atom stereocenters. The van der Waals surface area contributed by atoms with Crippen LogP contribution in [-0.4, -0.2) is 48.6 Å². The molecule has 0 aliphatic rings. The lowest BCUT2D eigenvalue weighted by atomic mass is 10.1. The molecule has 0 aliphatic carbocycles. The van der Waals surface area contributed by atoms with Gasteiger partial charge in [0.25, 0.3) is 0 Å². The van der Waals surface area contributed by atoms with Crippen LogP contribution in [0.25, 0.3) is 0 Å². The molecule has 0 aliphatic heterocycles. The lowest BCUT2D eigenvalue weighted by Crippen LogP contribution is -2.46. The van der Waals surface area contributed by atoms with Crippen LogP contribution < -0.4 is 10.2 Å². The van der Waals surface area contributed by atoms with E-state index in [1.807, 2.05) is 26.0 Å². The number of nitrogens with zero attached hydrogens (tertiary/aromatic N) is 3. The highest BCUT2D eigenvalue weighted by Crippen LogP contribution is 2.15. The summed E-state index contributed by atoms with van der Waals surface area (Å²) in [5.74, 6) is 0.710. The number of rotatable bonds is 4. The highest BCUT2D eigenvalue weighted by molar-refractivity contribution is 5.90. The van der Waals surface area contributed by atoms with E-state index in [1.54, 1.807) is 23.9 Å². The number of urea groups is 1. The minimum atomic E-state index is -0.0526. The van der Waals surface area contributed by atoms with Gasteiger partial charge in [0.15, 0.2) is 0 Å². The summed E-state index contributed by atoms with van der Waals surface area (Å²) < 4.78 is 0. The Morgan fingerprint density at radius 1 is 1.24 bits per heavy atom. The van der Waals surface area contributed by atoms with E-state index in [9.17, 15) is 4.79 Å². The van der Waals surface area contributed by atoms with Gasteiger partial charge in [-0.05, 0) is 52.3 Å². The predicted molar refractivity (Wildman–Crippen MR) is 87.9 cm³/mol. The molecule has 0 bridgehead atoms. The van der Waals surface area contributed by atoms with Gasteiger partial charge in [-0.1, -0.05) is 0 Å². The van der Waals surface area contributed by atoms with Gasteiger partial charge in [0.05, 0.1) is 0 Å². The first-order chi connectivity index (χ1) is 9.60. The Balaban J connectivity index is 2.94. The fraction of sp³-hybridized carbons (Fsp3) is 0.625. The van der Waals surface area contributed by atoms with Gasteiger partial charge < -0.3 is 10.2 Å². The quantitative estimate of drug-likeness (QED) is 0.928. The molecule has 0 fully saturated rings. The monoisotopic (exact) mass is 292 g/mol. The zero-order valence-electron chi connectivity index (χ0n) is 14.3. The number of nitrogens with one attached hydrogen (secondary N) is 1. The molecular weight excluding hydrogens is 264 g/mol. The van der Waals surface area contributed by atoms with Gasteiger partial charge in [-0.25, -0.2) is 9.78 Å². The van der Waals surface area contributed by atoms with Crippen LogP contribution in [0.15, 0.2) is 12.1 Å². The Labute approximate surface area is 128 Å². The van der Waals surface area contributed by atoms with Gasteiger partial charge in [0, 0.05) is 38.4 Å². The molecule has 5 nitrogen and oxygen atoms in total. The average Bonchev–Trinajstić information content (AvgIpc) is 2.31. The maximum absolute atomic E-state index is 12.4. The van der Waals surface area contributed by atoms with E-state index in [1.165, 1.54) is 0 Å². The van der Waals surface area contributed by atoms with Gasteiger partial charge in [0.1, 0.15) is 5.82 Å². The van der Waals surface area contributed by atoms with Crippen molar-refractivity contribution in [2.24, 2.45) is 0 Å². The van der Waals surface area contributed by atoms with E-state index in [0.29, 0.717) is 12.4 Å². The van der Waals surface area contributed by atoms with Gasteiger partial charge in [-0.15, -0.1) is 0 Å². The Bertz CT molecular complexity index is 471. The van der Waals surface area contributed by atoms with Crippen molar-refractivity contribution >= 4 is 11.8 Å². The maximum atomic E-state index is 12.4. The summed E-state index contributed by atoms with van der Waals surface area (Å²) in [7, 11) is 3.52. The minimum absolute atomic E-state index is 0.0305. The topological polar surface area (TPSA) is 48.5 Å². The molecule has 0 radical (unpaired) electrons. The van der Waals surface area contributed by atoms with Crippen molar-refractivity contribution in [3.8, 4) is 0 Å². The first kappa shape index (κ1) is 17.4. The third-order valence-corrected chi connectivity index (χ3v) is 2.96. The summed E-state index contributed by atoms with van der Waals surface area (Å²) in [5, 5.41) is 3.40. The molecule has 1 aromatic rings. The fourth-order valence-corrected chi connectivity index (χ4v) is 2.05. The lowest BCUT2D eigenvalue weighted by Gasteiger charge is -2.28. The van der Waals surface area contributed by atoms with E-state index in [2.05, 4.69) is 31.1 Å². The number of aromatic nitrogens is 1. The number of pyridine rings is 1. The molecule has 2 amide bonds. The van der Waals surface area contributed by atoms with Crippen LogP contribution in [0.5, 0.6) is 0 Å². The van der Waals surface area contributed by atoms with E-state index in [4.69, 9.17) is 0 Å². The van der Waals surface area contributed by atoms with E-state index < -0.39 is 0 Å². The summed E-state index contributed by atoms with van der Waals surface area (Å²) >= 11 is 0. The number of hydrogen-bond acceptors (Lipinski definition) is 3. The number of anilines is 1. The summed E-state index contributed by atoms with van der Waals surface area (Å²) in [6, 6.07) is 3.91. The zero-order valence-corrected chi connectivity index (χ0v) is 14.3. The van der Waals surface area contributed by atoms with Crippen molar-refractivity contribution in [3.63, 3.8) is 0 Å². The first-order valence-electron chi connectivity index (χ1n) is 7.29. The van der Waals surface area contributed by atoms with E-state index in [-0.39, 0.29) is 11.6 Å². The van der Waals surface area contributed by atoms with Crippen LogP contribution in [0.4, 0.5) is 10.6 Å². The Morgan fingerprint density at radius 3 is 2.33 bits per heavy atom. The smallest absolute Gasteiger partial charge is 0.325 e. The van der Waals surface area contributed by atoms with Crippen molar-refractivity contribution in [2.45, 2.75) is 40.2 Å². The van der Waals surface area contributed by atoms with E-state index >= 15 is 0 Å². The lowest BCUT2D eigenvalue weighted by molar-refractivity contribution is 0.223. The third-order valence-electron chi connectivity index (χ3n) is 2.96. The molecule has 21 heavy (non-hydrogen) atoms. The number of carbonyl (C=O) groups is 1. The second-order valence-electron chi connectivity index (χ2n) is 6.65. The molecule has 0 aromatic carbocycles. The van der Waals surface area contributed by atoms with Crippen LogP contribution in [-0.2, 0) is 0 Å². The van der Waals surface area contributed by atoms with Gasteiger partial charge >= 0.3 is 6.03 Å². The van der Waals surface area contributed by atoms with Gasteiger partial charge in [0.2, 0.25) is 0 Å². The molecule has 0 spiro atoms. The summed E-state index contributed by atoms with van der Waals surface area (Å²) in [5.41, 5.74) is 2.06. The minimum Gasteiger partial charge on any atom is -0.330 e. The Hall–Kier alpha value is -1.62. The average molecular weight is 292 g/mol. The molecule has 118 valence electrons. The molecule has 1 heterocycles. The van der Waals surface area contributed by atoms with Crippen LogP contribution in [0.2, 0.25) is 0 Å².